The predicted molar refractivity (Wildman–Crippen MR) is 99.9 cm³/mol. The number of amides is 1. The minimum absolute atomic E-state index is 0.00920. The molecule has 29 heavy (non-hydrogen) atoms. The number of β-lactam (4-membered cyclic amide) rings is 1. The summed E-state index contributed by atoms with van der Waals surface area (Å²) in [7, 11) is 0. The van der Waals surface area contributed by atoms with Crippen LogP contribution < -0.4 is 0 Å². The van der Waals surface area contributed by atoms with Crippen molar-refractivity contribution in [2.45, 2.75) is 31.9 Å². The van der Waals surface area contributed by atoms with Crippen molar-refractivity contribution in [2.75, 3.05) is 6.61 Å². The summed E-state index contributed by atoms with van der Waals surface area (Å²) in [5, 5.41) is 20.0. The maximum absolute atomic E-state index is 12.7. The van der Waals surface area contributed by atoms with E-state index in [2.05, 4.69) is 0 Å². The van der Waals surface area contributed by atoms with Crippen molar-refractivity contribution in [1.29, 1.82) is 0 Å². The lowest BCUT2D eigenvalue weighted by molar-refractivity contribution is -0.384. The van der Waals surface area contributed by atoms with Crippen LogP contribution in [0.15, 0.2) is 34.9 Å². The normalized spacial score (nSPS) is 21.3. The molecule has 11 heteroatoms. The van der Waals surface area contributed by atoms with Crippen LogP contribution in [0, 0.1) is 16.0 Å². The lowest BCUT2D eigenvalue weighted by Gasteiger charge is -2.43. The Labute approximate surface area is 169 Å². The van der Waals surface area contributed by atoms with E-state index in [0.717, 1.165) is 0 Å². The van der Waals surface area contributed by atoms with Crippen molar-refractivity contribution >= 4 is 35.3 Å². The van der Waals surface area contributed by atoms with Gasteiger partial charge in [-0.1, -0.05) is 11.8 Å². The second kappa shape index (κ2) is 8.21. The molecule has 0 spiro atoms. The topological polar surface area (TPSA) is 136 Å². The molecule has 2 heterocycles. The largest absolute Gasteiger partial charge is 0.460 e. The Hall–Kier alpha value is -2.92. The summed E-state index contributed by atoms with van der Waals surface area (Å²) in [6.07, 6.45) is -0.887. The van der Waals surface area contributed by atoms with E-state index in [0.29, 0.717) is 10.5 Å². The monoisotopic (exact) mass is 422 g/mol. The van der Waals surface area contributed by atoms with Crippen LogP contribution in [0.25, 0.3) is 0 Å². The number of benzene rings is 1. The zero-order valence-corrected chi connectivity index (χ0v) is 16.4. The molecule has 0 radical (unpaired) electrons. The Balaban J connectivity index is 1.74. The Morgan fingerprint density at radius 2 is 1.93 bits per heavy atom. The number of non-ortho nitro benzene ring substituents is 1. The van der Waals surface area contributed by atoms with E-state index < -0.39 is 40.2 Å². The van der Waals surface area contributed by atoms with Gasteiger partial charge >= 0.3 is 11.9 Å². The molecule has 0 aliphatic carbocycles. The molecule has 0 aromatic heterocycles. The molecule has 1 aromatic rings. The zero-order valence-electron chi connectivity index (χ0n) is 15.6. The first-order valence-corrected chi connectivity index (χ1v) is 9.53. The number of carbonyl (C=O) groups is 3. The van der Waals surface area contributed by atoms with Crippen molar-refractivity contribution in [3.8, 4) is 0 Å². The molecular formula is C18H18N2O8S. The van der Waals surface area contributed by atoms with Gasteiger partial charge in [0.25, 0.3) is 5.69 Å². The third-order valence-corrected chi connectivity index (χ3v) is 5.83. The number of carbonyl (C=O) groups excluding carboxylic acids is 3. The number of hydrogen-bond donors (Lipinski definition) is 1. The molecule has 2 aliphatic rings. The SMILES string of the molecule is CC(=O)OCC1=C(C(=O)OCc2ccc([N+](=O)[O-])cc2)N2C(=O)[C@H]([C@@H](C)O)[C@H]2S1. The van der Waals surface area contributed by atoms with Crippen molar-refractivity contribution in [2.24, 2.45) is 5.92 Å². The van der Waals surface area contributed by atoms with Crippen molar-refractivity contribution in [3.63, 3.8) is 0 Å². The highest BCUT2D eigenvalue weighted by atomic mass is 32.2. The van der Waals surface area contributed by atoms with E-state index in [-0.39, 0.29) is 24.6 Å². The fourth-order valence-electron chi connectivity index (χ4n) is 3.04. The third kappa shape index (κ3) is 4.10. The number of nitro benzene ring substituents is 1. The first-order valence-electron chi connectivity index (χ1n) is 8.65. The molecule has 154 valence electrons. The van der Waals surface area contributed by atoms with Gasteiger partial charge in [-0.3, -0.25) is 24.6 Å². The quantitative estimate of drug-likeness (QED) is 0.298. The first kappa shape index (κ1) is 20.8. The Morgan fingerprint density at radius 1 is 1.28 bits per heavy atom. The van der Waals surface area contributed by atoms with Gasteiger partial charge in [-0.05, 0) is 24.6 Å². The summed E-state index contributed by atoms with van der Waals surface area (Å²) < 4.78 is 10.2. The summed E-state index contributed by atoms with van der Waals surface area (Å²) in [6.45, 7) is 2.38. The fourth-order valence-corrected chi connectivity index (χ4v) is 4.56. The Bertz CT molecular complexity index is 896. The maximum Gasteiger partial charge on any atom is 0.356 e. The van der Waals surface area contributed by atoms with Crippen molar-refractivity contribution in [3.05, 3.63) is 50.5 Å². The highest BCUT2D eigenvalue weighted by Crippen LogP contribution is 2.50. The smallest absolute Gasteiger partial charge is 0.356 e. The molecule has 0 bridgehead atoms. The van der Waals surface area contributed by atoms with E-state index in [1.165, 1.54) is 54.8 Å². The summed E-state index contributed by atoms with van der Waals surface area (Å²) >= 11 is 1.18. The van der Waals surface area contributed by atoms with E-state index in [4.69, 9.17) is 9.47 Å². The van der Waals surface area contributed by atoms with Crippen LogP contribution in [0.2, 0.25) is 0 Å². The molecule has 10 nitrogen and oxygen atoms in total. The van der Waals surface area contributed by atoms with Crippen LogP contribution in [0.5, 0.6) is 0 Å². The van der Waals surface area contributed by atoms with Crippen LogP contribution in [0.3, 0.4) is 0 Å². The first-order chi connectivity index (χ1) is 13.7. The van der Waals surface area contributed by atoms with Crippen LogP contribution in [-0.2, 0) is 30.5 Å². The minimum Gasteiger partial charge on any atom is -0.460 e. The van der Waals surface area contributed by atoms with Gasteiger partial charge in [0.05, 0.1) is 21.9 Å². The van der Waals surface area contributed by atoms with E-state index in [1.807, 2.05) is 0 Å². The van der Waals surface area contributed by atoms with Crippen LogP contribution in [0.1, 0.15) is 19.4 Å². The van der Waals surface area contributed by atoms with Crippen molar-refractivity contribution < 1.29 is 33.9 Å². The third-order valence-electron chi connectivity index (χ3n) is 4.49. The van der Waals surface area contributed by atoms with Crippen LogP contribution in [0.4, 0.5) is 5.69 Å². The minimum atomic E-state index is -0.887. The lowest BCUT2D eigenvalue weighted by Crippen LogP contribution is -2.60. The van der Waals surface area contributed by atoms with Crippen LogP contribution in [-0.4, -0.2) is 50.9 Å². The summed E-state index contributed by atoms with van der Waals surface area (Å²) in [4.78, 5) is 48.0. The predicted octanol–water partition coefficient (Wildman–Crippen LogP) is 1.32. The van der Waals surface area contributed by atoms with E-state index in [9.17, 15) is 29.6 Å². The summed E-state index contributed by atoms with van der Waals surface area (Å²) in [5.41, 5.74) is 0.437. The fraction of sp³-hybridized carbons (Fsp3) is 0.389. The van der Waals surface area contributed by atoms with Gasteiger partial charge in [0.15, 0.2) is 0 Å². The summed E-state index contributed by atoms with van der Waals surface area (Å²) in [5.74, 6) is -2.38. The number of nitro groups is 1. The molecule has 0 saturated carbocycles. The number of ether oxygens (including phenoxy) is 2. The lowest BCUT2D eigenvalue weighted by atomic mass is 9.92. The number of hydrogen-bond acceptors (Lipinski definition) is 9. The molecular weight excluding hydrogens is 404 g/mol. The van der Waals surface area contributed by atoms with Gasteiger partial charge < -0.3 is 14.6 Å². The van der Waals surface area contributed by atoms with Crippen LogP contribution >= 0.6 is 11.8 Å². The van der Waals surface area contributed by atoms with E-state index in [1.54, 1.807) is 0 Å². The average molecular weight is 422 g/mol. The number of fused-ring (bicyclic) bond motifs is 1. The second-order valence-electron chi connectivity index (χ2n) is 6.53. The van der Waals surface area contributed by atoms with Gasteiger partial charge in [0, 0.05) is 19.1 Å². The molecule has 1 N–H and O–H groups in total. The van der Waals surface area contributed by atoms with Gasteiger partial charge in [-0.2, -0.15) is 0 Å². The Kier molecular flexibility index (Phi) is 5.89. The molecule has 3 rings (SSSR count). The number of rotatable bonds is 7. The molecule has 1 amide bonds. The number of esters is 2. The number of aliphatic hydroxyl groups excluding tert-OH is 1. The number of aliphatic hydroxyl groups is 1. The van der Waals surface area contributed by atoms with E-state index >= 15 is 0 Å². The maximum atomic E-state index is 12.7. The molecule has 1 saturated heterocycles. The van der Waals surface area contributed by atoms with Gasteiger partial charge in [-0.15, -0.1) is 0 Å². The second-order valence-corrected chi connectivity index (χ2v) is 7.75. The zero-order chi connectivity index (χ0) is 21.3. The van der Waals surface area contributed by atoms with Crippen molar-refractivity contribution in [1.82, 2.24) is 4.90 Å². The summed E-state index contributed by atoms with van der Waals surface area (Å²) in [6, 6.07) is 5.51. The molecule has 0 unspecified atom stereocenters. The highest BCUT2D eigenvalue weighted by Gasteiger charge is 2.57. The molecule has 1 fully saturated rings. The van der Waals surface area contributed by atoms with Gasteiger partial charge in [-0.25, -0.2) is 4.79 Å². The highest BCUT2D eigenvalue weighted by molar-refractivity contribution is 8.04. The molecule has 1 aromatic carbocycles. The molecule has 2 aliphatic heterocycles. The molecule has 3 atom stereocenters. The van der Waals surface area contributed by atoms with Gasteiger partial charge in [0.1, 0.15) is 24.3 Å². The number of nitrogens with zero attached hydrogens (tertiary/aromatic N) is 2. The number of thioether (sulfide) groups is 1. The standard InChI is InChI=1S/C18H18N2O8S/c1-9(21)14-16(23)19-15(13(29-17(14)19)8-27-10(2)22)18(24)28-7-11-3-5-12(6-4-11)20(25)26/h3-6,9,14,17,21H,7-8H2,1-2H3/t9-,14+,17-/m1/s1. The van der Waals surface area contributed by atoms with Gasteiger partial charge in [0.2, 0.25) is 5.91 Å². The Morgan fingerprint density at radius 3 is 2.48 bits per heavy atom. The average Bonchev–Trinajstić information content (AvgIpc) is 2.98.